The van der Waals surface area contributed by atoms with Gasteiger partial charge in [-0.15, -0.1) is 0 Å². The van der Waals surface area contributed by atoms with E-state index in [0.717, 1.165) is 24.8 Å². The van der Waals surface area contributed by atoms with Gasteiger partial charge in [0.2, 0.25) is 0 Å². The molecule has 2 rings (SSSR count). The Balaban J connectivity index is 2.16. The minimum absolute atomic E-state index is 0.0632. The van der Waals surface area contributed by atoms with Crippen molar-refractivity contribution in [2.75, 3.05) is 20.2 Å². The lowest BCUT2D eigenvalue weighted by atomic mass is 9.81. The van der Waals surface area contributed by atoms with Crippen LogP contribution in [-0.4, -0.2) is 48.7 Å². The van der Waals surface area contributed by atoms with Gasteiger partial charge in [0.05, 0.1) is 18.7 Å². The Labute approximate surface area is 181 Å². The van der Waals surface area contributed by atoms with Gasteiger partial charge in [-0.3, -0.25) is 4.79 Å². The van der Waals surface area contributed by atoms with Crippen molar-refractivity contribution < 1.29 is 19.1 Å². The number of aryl methyl sites for hydroxylation is 1. The van der Waals surface area contributed by atoms with Gasteiger partial charge in [-0.1, -0.05) is 27.7 Å². The van der Waals surface area contributed by atoms with Crippen LogP contribution in [0, 0.1) is 0 Å². The molecule has 1 aromatic rings. The molecule has 0 spiro atoms. The van der Waals surface area contributed by atoms with E-state index in [1.54, 1.807) is 12.0 Å². The first-order valence-electron chi connectivity index (χ1n) is 10.9. The molecule has 1 aliphatic heterocycles. The van der Waals surface area contributed by atoms with Crippen molar-refractivity contribution in [2.24, 2.45) is 0 Å². The number of hydrogen-bond donors (Lipinski definition) is 1. The maximum absolute atomic E-state index is 13.0. The average Bonchev–Trinajstić information content (AvgIpc) is 3.11. The third kappa shape index (κ3) is 5.89. The van der Waals surface area contributed by atoms with Crippen molar-refractivity contribution in [3.05, 3.63) is 28.8 Å². The first-order valence-corrected chi connectivity index (χ1v) is 10.9. The topological polar surface area (TPSA) is 67.9 Å². The Morgan fingerprint density at radius 3 is 2.37 bits per heavy atom. The van der Waals surface area contributed by atoms with Gasteiger partial charge < -0.3 is 19.7 Å². The maximum Gasteiger partial charge on any atom is 0.410 e. The molecule has 0 aromatic heterocycles. The van der Waals surface area contributed by atoms with Gasteiger partial charge in [-0.2, -0.15) is 0 Å². The summed E-state index contributed by atoms with van der Waals surface area (Å²) < 4.78 is 11.0. The van der Waals surface area contributed by atoms with Crippen LogP contribution in [0.2, 0.25) is 0 Å². The molecule has 1 atom stereocenters. The van der Waals surface area contributed by atoms with Crippen LogP contribution in [0.1, 0.15) is 82.8 Å². The monoisotopic (exact) mass is 418 g/mol. The minimum atomic E-state index is -0.536. The lowest BCUT2D eigenvalue weighted by Gasteiger charge is -2.29. The molecular formula is C24H38N2O4. The summed E-state index contributed by atoms with van der Waals surface area (Å²) in [6, 6.07) is 3.86. The third-order valence-electron chi connectivity index (χ3n) is 5.36. The predicted molar refractivity (Wildman–Crippen MR) is 119 cm³/mol. The summed E-state index contributed by atoms with van der Waals surface area (Å²) in [6.45, 7) is 15.2. The summed E-state index contributed by atoms with van der Waals surface area (Å²) in [6.07, 6.45) is 2.30. The highest BCUT2D eigenvalue weighted by Gasteiger charge is 2.32. The molecule has 1 heterocycles. The molecule has 30 heavy (non-hydrogen) atoms. The highest BCUT2D eigenvalue weighted by molar-refractivity contribution is 5.97. The lowest BCUT2D eigenvalue weighted by Crippen LogP contribution is -2.45. The second-order valence-corrected chi connectivity index (χ2v) is 9.99. The van der Waals surface area contributed by atoms with E-state index >= 15 is 0 Å². The highest BCUT2D eigenvalue weighted by Crippen LogP contribution is 2.32. The molecular weight excluding hydrogens is 380 g/mol. The van der Waals surface area contributed by atoms with Gasteiger partial charge in [0.25, 0.3) is 5.91 Å². The van der Waals surface area contributed by atoms with E-state index in [1.807, 2.05) is 32.9 Å². The normalized spacial score (nSPS) is 17.1. The fraction of sp³-hybridized carbons (Fsp3) is 0.667. The molecule has 0 bridgehead atoms. The van der Waals surface area contributed by atoms with Crippen molar-refractivity contribution in [1.29, 1.82) is 0 Å². The number of nitrogens with one attached hydrogen (secondary N) is 1. The number of ether oxygens (including phenoxy) is 2. The van der Waals surface area contributed by atoms with Gasteiger partial charge in [-0.25, -0.2) is 4.79 Å². The van der Waals surface area contributed by atoms with Crippen LogP contribution in [0.15, 0.2) is 12.1 Å². The Kier molecular flexibility index (Phi) is 7.43. The molecule has 1 N–H and O–H groups in total. The van der Waals surface area contributed by atoms with Gasteiger partial charge in [-0.05, 0) is 68.7 Å². The zero-order valence-electron chi connectivity index (χ0n) is 19.8. The Bertz CT molecular complexity index is 775. The van der Waals surface area contributed by atoms with E-state index in [1.165, 1.54) is 5.56 Å². The van der Waals surface area contributed by atoms with Crippen LogP contribution in [0.25, 0.3) is 0 Å². The van der Waals surface area contributed by atoms with E-state index < -0.39 is 5.60 Å². The molecule has 1 saturated heterocycles. The summed E-state index contributed by atoms with van der Waals surface area (Å²) in [5.41, 5.74) is 2.24. The number of amides is 2. The smallest absolute Gasteiger partial charge is 0.410 e. The van der Waals surface area contributed by atoms with E-state index in [4.69, 9.17) is 9.47 Å². The molecule has 1 aromatic carbocycles. The van der Waals surface area contributed by atoms with Crippen LogP contribution in [0.3, 0.4) is 0 Å². The Morgan fingerprint density at radius 2 is 1.83 bits per heavy atom. The predicted octanol–water partition coefficient (Wildman–Crippen LogP) is 4.68. The summed E-state index contributed by atoms with van der Waals surface area (Å²) in [7, 11) is 1.59. The Hall–Kier alpha value is -2.24. The molecule has 0 saturated carbocycles. The average molecular weight is 419 g/mol. The van der Waals surface area contributed by atoms with Crippen molar-refractivity contribution in [3.8, 4) is 5.75 Å². The number of nitrogens with zero attached hydrogens (tertiary/aromatic N) is 1. The van der Waals surface area contributed by atoms with Crippen molar-refractivity contribution in [1.82, 2.24) is 10.2 Å². The van der Waals surface area contributed by atoms with E-state index in [9.17, 15) is 9.59 Å². The van der Waals surface area contributed by atoms with Crippen LogP contribution in [0.4, 0.5) is 4.79 Å². The summed E-state index contributed by atoms with van der Waals surface area (Å²) in [5.74, 6) is 0.392. The van der Waals surface area contributed by atoms with Crippen LogP contribution in [0.5, 0.6) is 5.75 Å². The first kappa shape index (κ1) is 24.0. The first-order chi connectivity index (χ1) is 13.9. The largest absolute Gasteiger partial charge is 0.496 e. The lowest BCUT2D eigenvalue weighted by molar-refractivity contribution is 0.0225. The molecule has 6 heteroatoms. The molecule has 1 aliphatic rings. The SMILES string of the molecule is CCc1cc(OC)c(C(=O)NC[C@H]2CCCN2C(=O)OC(C)(C)C)cc1C(C)(C)C. The molecule has 6 nitrogen and oxygen atoms in total. The number of rotatable bonds is 5. The van der Waals surface area contributed by atoms with Gasteiger partial charge >= 0.3 is 6.09 Å². The number of hydrogen-bond acceptors (Lipinski definition) is 4. The van der Waals surface area contributed by atoms with Crippen molar-refractivity contribution in [3.63, 3.8) is 0 Å². The molecule has 168 valence electrons. The quantitative estimate of drug-likeness (QED) is 0.754. The van der Waals surface area contributed by atoms with Gasteiger partial charge in [0.15, 0.2) is 0 Å². The maximum atomic E-state index is 13.0. The number of carbonyl (C=O) groups is 2. The summed E-state index contributed by atoms with van der Waals surface area (Å²) in [5, 5.41) is 3.01. The van der Waals surface area contributed by atoms with Gasteiger partial charge in [0.1, 0.15) is 11.4 Å². The minimum Gasteiger partial charge on any atom is -0.496 e. The van der Waals surface area contributed by atoms with Crippen molar-refractivity contribution >= 4 is 12.0 Å². The second kappa shape index (κ2) is 9.27. The molecule has 1 fully saturated rings. The Morgan fingerprint density at radius 1 is 1.17 bits per heavy atom. The van der Waals surface area contributed by atoms with Crippen LogP contribution >= 0.6 is 0 Å². The van der Waals surface area contributed by atoms with Crippen LogP contribution in [-0.2, 0) is 16.6 Å². The standard InChI is InChI=1S/C24H38N2O4/c1-9-16-13-20(29-8)18(14-19(16)23(2,3)4)21(27)25-15-17-11-10-12-26(17)22(28)30-24(5,6)7/h13-14,17H,9-12,15H2,1-8H3,(H,25,27)/t17-/m1/s1. The highest BCUT2D eigenvalue weighted by atomic mass is 16.6. The number of methoxy groups -OCH3 is 1. The number of benzene rings is 1. The van der Waals surface area contributed by atoms with Crippen molar-refractivity contribution in [2.45, 2.75) is 84.8 Å². The number of carbonyl (C=O) groups excluding carboxylic acids is 2. The zero-order chi connectivity index (χ0) is 22.7. The molecule has 0 unspecified atom stereocenters. The fourth-order valence-corrected chi connectivity index (χ4v) is 3.87. The number of likely N-dealkylation sites (tertiary alicyclic amines) is 1. The zero-order valence-corrected chi connectivity index (χ0v) is 19.8. The summed E-state index contributed by atoms with van der Waals surface area (Å²) >= 11 is 0. The van der Waals surface area contributed by atoms with E-state index in [0.29, 0.717) is 24.4 Å². The second-order valence-electron chi connectivity index (χ2n) is 9.99. The van der Waals surface area contributed by atoms with E-state index in [-0.39, 0.29) is 23.5 Å². The molecule has 0 aliphatic carbocycles. The van der Waals surface area contributed by atoms with E-state index in [2.05, 4.69) is 33.0 Å². The molecule has 2 amide bonds. The summed E-state index contributed by atoms with van der Waals surface area (Å²) in [4.78, 5) is 27.2. The molecule has 0 radical (unpaired) electrons. The van der Waals surface area contributed by atoms with Crippen LogP contribution < -0.4 is 10.1 Å². The third-order valence-corrected chi connectivity index (χ3v) is 5.36. The van der Waals surface area contributed by atoms with Gasteiger partial charge in [0, 0.05) is 13.1 Å². The fourth-order valence-electron chi connectivity index (χ4n) is 3.87.